The molecule has 84 heavy (non-hydrogen) atoms. The van der Waals surface area contributed by atoms with E-state index < -0.39 is 12.0 Å². The number of aliphatic carboxylic acids is 1. The summed E-state index contributed by atoms with van der Waals surface area (Å²) in [6.45, 7) is 6.25. The summed E-state index contributed by atoms with van der Waals surface area (Å²) in [5, 5.41) is 27.9. The Hall–Kier alpha value is -7.34. The zero-order chi connectivity index (χ0) is 58.0. The SMILES string of the molecule is C.CC(=O)c1nn(CC(=O)N2[C@@H]3C[C@@H]3C[C@H]2C(=O)Nc2nc(Br)ccc2C)c2ccc(-c3cnc(N)nc3)cc12.CC(=O)c1nn(CC(=O)O)c2ccc(-c3cnc(N)nc3)cc12.Cc1ccc(Br)nc1NC(=O)[C@@H]1C[C@H]2C[C@H]2N1.Cl.S.S=S. The summed E-state index contributed by atoms with van der Waals surface area (Å²) in [7, 11) is 0. The van der Waals surface area contributed by atoms with Gasteiger partial charge in [0.05, 0.1) is 17.1 Å². The van der Waals surface area contributed by atoms with E-state index in [2.05, 4.69) is 110 Å². The number of rotatable bonds is 12. The van der Waals surface area contributed by atoms with Gasteiger partial charge in [-0.1, -0.05) is 31.7 Å². The van der Waals surface area contributed by atoms with E-state index >= 15 is 0 Å². The third-order valence-electron chi connectivity index (χ3n) is 14.2. The summed E-state index contributed by atoms with van der Waals surface area (Å²) >= 11 is 14.0. The maximum atomic E-state index is 13.6. The highest BCUT2D eigenvalue weighted by Gasteiger charge is 2.56. The summed E-state index contributed by atoms with van der Waals surface area (Å²) in [6, 6.07) is 18.3. The van der Waals surface area contributed by atoms with Crippen LogP contribution in [0.3, 0.4) is 0 Å². The summed E-state index contributed by atoms with van der Waals surface area (Å²) in [5.74, 6) is 0.588. The van der Waals surface area contributed by atoms with Gasteiger partial charge in [0.1, 0.15) is 51.4 Å². The number of likely N-dealkylation sites (tertiary alicyclic amines) is 1. The van der Waals surface area contributed by atoms with Gasteiger partial charge in [-0.3, -0.25) is 38.1 Å². The Morgan fingerprint density at radius 3 is 1.56 bits per heavy atom. The number of carboxylic acid groups (broad SMARTS) is 1. The van der Waals surface area contributed by atoms with Crippen LogP contribution in [0, 0.1) is 25.7 Å². The van der Waals surface area contributed by atoms with Crippen LogP contribution in [0.25, 0.3) is 44.1 Å². The first-order chi connectivity index (χ1) is 38.8. The number of nitrogens with two attached hydrogens (primary N) is 2. The smallest absolute Gasteiger partial charge is 0.325 e. The van der Waals surface area contributed by atoms with Crippen molar-refractivity contribution >= 4 is 161 Å². The first kappa shape index (κ1) is 65.8. The molecule has 2 saturated heterocycles. The Morgan fingerprint density at radius 2 is 1.12 bits per heavy atom. The number of piperidine rings is 2. The number of carbonyl (C=O) groups is 6. The maximum Gasteiger partial charge on any atom is 0.325 e. The van der Waals surface area contributed by atoms with E-state index in [1.54, 1.807) is 52.6 Å². The van der Waals surface area contributed by atoms with E-state index in [0.717, 1.165) is 56.7 Å². The molecule has 6 atom stereocenters. The van der Waals surface area contributed by atoms with Crippen molar-refractivity contribution in [1.29, 1.82) is 0 Å². The number of amides is 3. The lowest BCUT2D eigenvalue weighted by molar-refractivity contribution is -0.138. The van der Waals surface area contributed by atoms with Gasteiger partial charge in [-0.25, -0.2) is 29.9 Å². The molecule has 23 nitrogen and oxygen atoms in total. The van der Waals surface area contributed by atoms with Gasteiger partial charge in [0.25, 0.3) is 0 Å². The van der Waals surface area contributed by atoms with Crippen LogP contribution in [0.15, 0.2) is 94.7 Å². The lowest BCUT2D eigenvalue weighted by Gasteiger charge is -2.27. The predicted molar refractivity (Wildman–Crippen MR) is 338 cm³/mol. The fourth-order valence-corrected chi connectivity index (χ4v) is 10.6. The van der Waals surface area contributed by atoms with Gasteiger partial charge in [0.2, 0.25) is 29.6 Å². The van der Waals surface area contributed by atoms with E-state index in [4.69, 9.17) is 16.6 Å². The molecule has 8 aromatic rings. The van der Waals surface area contributed by atoms with Crippen molar-refractivity contribution in [3.63, 3.8) is 0 Å². The van der Waals surface area contributed by atoms with E-state index in [1.165, 1.54) is 25.0 Å². The molecule has 440 valence electrons. The lowest BCUT2D eigenvalue weighted by Crippen LogP contribution is -2.47. The molecule has 8 N–H and O–H groups in total. The van der Waals surface area contributed by atoms with Crippen LogP contribution in [0.4, 0.5) is 23.5 Å². The van der Waals surface area contributed by atoms with Gasteiger partial charge < -0.3 is 37.4 Å². The molecule has 8 heterocycles. The quantitative estimate of drug-likeness (QED) is 0.0503. The Kier molecular flexibility index (Phi) is 22.0. The van der Waals surface area contributed by atoms with Gasteiger partial charge in [0, 0.05) is 95.0 Å². The Balaban J connectivity index is 0.000000214. The monoisotopic (exact) mass is 1340 g/mol. The molecular weight excluding hydrogens is 1290 g/mol. The number of pyridine rings is 2. The zero-order valence-electron chi connectivity index (χ0n) is 44.7. The predicted octanol–water partition coefficient (Wildman–Crippen LogP) is 7.74. The molecule has 0 radical (unpaired) electrons. The van der Waals surface area contributed by atoms with Crippen molar-refractivity contribution in [3.05, 3.63) is 117 Å². The number of ketones is 2. The van der Waals surface area contributed by atoms with Crippen LogP contribution in [0.2, 0.25) is 0 Å². The Morgan fingerprint density at radius 1 is 0.655 bits per heavy atom. The minimum atomic E-state index is -1.03. The number of carboxylic acids is 1. The molecule has 4 aliphatic rings. The van der Waals surface area contributed by atoms with Crippen LogP contribution >= 0.6 is 57.8 Å². The van der Waals surface area contributed by atoms with Crippen LogP contribution in [-0.2, 0) is 54.6 Å². The lowest BCUT2D eigenvalue weighted by atomic mass is 10.0. The number of nitrogens with one attached hydrogen (secondary N) is 3. The average Bonchev–Trinajstić information content (AvgIpc) is 4.35. The van der Waals surface area contributed by atoms with Gasteiger partial charge in [-0.05, 0) is 142 Å². The summed E-state index contributed by atoms with van der Waals surface area (Å²) < 4.78 is 4.20. The molecule has 2 aliphatic heterocycles. The van der Waals surface area contributed by atoms with E-state index in [0.29, 0.717) is 56.4 Å². The fraction of sp³-hybridized carbons (Fsp3) is 0.309. The molecule has 6 aromatic heterocycles. The second kappa shape index (κ2) is 28.0. The largest absolute Gasteiger partial charge is 0.480 e. The maximum absolute atomic E-state index is 13.6. The number of anilines is 4. The number of halogens is 3. The molecule has 12 rings (SSSR count). The highest BCUT2D eigenvalue weighted by Crippen LogP contribution is 2.48. The number of nitrogen functional groups attached to an aromatic ring is 2. The molecule has 0 unspecified atom stereocenters. The number of aryl methyl sites for hydroxylation is 2. The average molecular weight is 1350 g/mol. The number of aromatic nitrogens is 10. The first-order valence-electron chi connectivity index (χ1n) is 25.3. The second-order valence-electron chi connectivity index (χ2n) is 19.9. The van der Waals surface area contributed by atoms with Crippen molar-refractivity contribution < 1.29 is 33.9 Å². The van der Waals surface area contributed by atoms with Crippen molar-refractivity contribution in [2.75, 3.05) is 22.1 Å². The number of benzene rings is 2. The van der Waals surface area contributed by atoms with Crippen molar-refractivity contribution in [2.24, 2.45) is 11.8 Å². The third-order valence-corrected chi connectivity index (χ3v) is 15.1. The summed E-state index contributed by atoms with van der Waals surface area (Å²) in [4.78, 5) is 100. The number of hydrogen-bond acceptors (Lipinski definition) is 19. The number of carbonyl (C=O) groups excluding carboxylic acids is 5. The van der Waals surface area contributed by atoms with Crippen LogP contribution in [0.1, 0.15) is 79.1 Å². The minimum absolute atomic E-state index is 0. The van der Waals surface area contributed by atoms with Gasteiger partial charge >= 0.3 is 5.97 Å². The normalized spacial score (nSPS) is 18.2. The third kappa shape index (κ3) is 14.9. The standard InChI is InChI=1S/C27H25BrN8O3.C15H13N5O3.C12H14BrN3O.CH4.ClH.S2.H2S/c1-13-3-6-22(28)32-25(13)33-26(39)21-9-16-8-20(16)36(21)23(38)12-35-19-5-4-15(17-10-30-27(29)31-11-17)7-18(19)24(34-35)14(2)37;1-8(21)14-11-4-9(10-5-17-15(16)18-6-10)2-3-12(11)20(19-14)7-13(22)23;1-6-2-3-10(13)15-11(6)16-12(17)9-5-7-4-8(7)14-9;;;1-2;/h3-7,10-11,16,20-21H,8-9,12H2,1-2H3,(H2,29,30,31)(H,32,33,39);2-6H,7H2,1H3,(H,22,23)(H2,16,17,18);2-3,7-9,14H,4-5H2,1H3,(H,15,16,17);1H4;1H;;1H2/t16-,20-,21+;;7-,8-,9+;;;;/m1.1..../s1. The zero-order valence-corrected chi connectivity index (χ0v) is 51.4. The first-order valence-corrected chi connectivity index (χ1v) is 28.2. The van der Waals surface area contributed by atoms with Crippen molar-refractivity contribution in [3.8, 4) is 22.3 Å². The van der Waals surface area contributed by atoms with Crippen LogP contribution in [-0.4, -0.2) is 119 Å². The van der Waals surface area contributed by atoms with Gasteiger partial charge in [-0.2, -0.15) is 23.7 Å². The summed E-state index contributed by atoms with van der Waals surface area (Å²) in [5.41, 5.74) is 17.7. The molecule has 0 spiro atoms. The van der Waals surface area contributed by atoms with Gasteiger partial charge in [-0.15, -0.1) is 12.4 Å². The second-order valence-corrected chi connectivity index (χ2v) is 21.5. The summed E-state index contributed by atoms with van der Waals surface area (Å²) in [6.07, 6.45) is 10.1. The fourth-order valence-electron chi connectivity index (χ4n) is 10.0. The van der Waals surface area contributed by atoms with Crippen LogP contribution < -0.4 is 27.4 Å². The molecular formula is C55H59Br2ClN16O7S3. The van der Waals surface area contributed by atoms with Crippen LogP contribution in [0.5, 0.6) is 0 Å². The molecule has 2 saturated carbocycles. The van der Waals surface area contributed by atoms with Gasteiger partial charge in [0.15, 0.2) is 11.6 Å². The molecule has 4 fully saturated rings. The Bertz CT molecular complexity index is 3790. The topological polar surface area (TPSA) is 327 Å². The van der Waals surface area contributed by atoms with E-state index in [9.17, 15) is 28.8 Å². The van der Waals surface area contributed by atoms with E-state index in [-0.39, 0.29) is 111 Å². The molecule has 2 aliphatic carbocycles. The number of Topliss-reactive ketones (excluding diaryl/α,β-unsaturated/α-hetero) is 2. The highest BCUT2D eigenvalue weighted by atomic mass is 79.9. The molecule has 2 aromatic carbocycles. The van der Waals surface area contributed by atoms with Crippen molar-refractivity contribution in [2.45, 2.75) is 98.1 Å². The number of nitrogens with zero attached hydrogens (tertiary/aromatic N) is 11. The number of fused-ring (bicyclic) bond motifs is 4. The van der Waals surface area contributed by atoms with Crippen molar-refractivity contribution in [1.82, 2.24) is 59.7 Å². The molecule has 29 heteroatoms. The Labute approximate surface area is 522 Å². The minimum Gasteiger partial charge on any atom is -0.480 e. The molecule has 3 amide bonds. The van der Waals surface area contributed by atoms with E-state index in [1.807, 2.05) is 56.3 Å². The number of hydrogen-bond donors (Lipinski definition) is 6. The highest BCUT2D eigenvalue weighted by molar-refractivity contribution is 9.10. The molecule has 0 bridgehead atoms.